The SMILES string of the molecule is C=C/C=C(\N=C)C1(NC(=O)c2ccc(C3CC3)c(-c3ccc4oc(-c5ccc(F)cc5)c(C(=O)NC)c4c3)c2)CC1. The Hall–Kier alpha value is -4.78. The van der Waals surface area contributed by atoms with E-state index in [1.165, 1.54) is 17.7 Å². The molecule has 206 valence electrons. The highest BCUT2D eigenvalue weighted by Gasteiger charge is 2.47. The van der Waals surface area contributed by atoms with Crippen LogP contribution in [0.5, 0.6) is 0 Å². The van der Waals surface area contributed by atoms with Gasteiger partial charge in [0.25, 0.3) is 11.8 Å². The zero-order chi connectivity index (χ0) is 28.7. The van der Waals surface area contributed by atoms with Crippen LogP contribution in [0.15, 0.2) is 94.5 Å². The summed E-state index contributed by atoms with van der Waals surface area (Å²) >= 11 is 0. The summed E-state index contributed by atoms with van der Waals surface area (Å²) < 4.78 is 19.7. The van der Waals surface area contributed by atoms with Gasteiger partial charge in [-0.05, 0) is 110 Å². The van der Waals surface area contributed by atoms with Crippen LogP contribution in [0, 0.1) is 5.82 Å². The smallest absolute Gasteiger partial charge is 0.255 e. The Labute approximate surface area is 237 Å². The zero-order valence-corrected chi connectivity index (χ0v) is 22.8. The second-order valence-electron chi connectivity index (χ2n) is 10.7. The van der Waals surface area contributed by atoms with Crippen molar-refractivity contribution >= 4 is 29.5 Å². The van der Waals surface area contributed by atoms with Crippen LogP contribution in [0.1, 0.15) is 57.9 Å². The second kappa shape index (κ2) is 10.3. The molecule has 6 rings (SSSR count). The van der Waals surface area contributed by atoms with Gasteiger partial charge in [-0.2, -0.15) is 0 Å². The van der Waals surface area contributed by atoms with Gasteiger partial charge in [-0.1, -0.05) is 24.8 Å². The van der Waals surface area contributed by atoms with Crippen LogP contribution in [0.25, 0.3) is 33.4 Å². The molecule has 0 bridgehead atoms. The molecule has 41 heavy (non-hydrogen) atoms. The first-order valence-corrected chi connectivity index (χ1v) is 13.7. The largest absolute Gasteiger partial charge is 0.455 e. The number of hydrogen-bond acceptors (Lipinski definition) is 4. The van der Waals surface area contributed by atoms with Crippen LogP contribution >= 0.6 is 0 Å². The van der Waals surface area contributed by atoms with E-state index in [9.17, 15) is 14.0 Å². The first-order chi connectivity index (χ1) is 19.9. The summed E-state index contributed by atoms with van der Waals surface area (Å²) in [5, 5.41) is 6.52. The number of carbonyl (C=O) groups excluding carboxylic acids is 2. The predicted octanol–water partition coefficient (Wildman–Crippen LogP) is 7.18. The van der Waals surface area contributed by atoms with Crippen molar-refractivity contribution in [3.63, 3.8) is 0 Å². The molecule has 2 aliphatic rings. The highest BCUT2D eigenvalue weighted by molar-refractivity contribution is 6.12. The first kappa shape index (κ1) is 26.4. The Kier molecular flexibility index (Phi) is 6.66. The zero-order valence-electron chi connectivity index (χ0n) is 22.8. The molecule has 2 saturated carbocycles. The third-order valence-corrected chi connectivity index (χ3v) is 7.93. The van der Waals surface area contributed by atoms with Gasteiger partial charge in [0.1, 0.15) is 17.2 Å². The van der Waals surface area contributed by atoms with Crippen molar-refractivity contribution in [3.05, 3.63) is 108 Å². The monoisotopic (exact) mass is 547 g/mol. The van der Waals surface area contributed by atoms with Gasteiger partial charge in [0.05, 0.1) is 16.8 Å². The van der Waals surface area contributed by atoms with Gasteiger partial charge in [-0.25, -0.2) is 4.39 Å². The van der Waals surface area contributed by atoms with Crippen molar-refractivity contribution in [2.45, 2.75) is 37.1 Å². The highest BCUT2D eigenvalue weighted by atomic mass is 19.1. The van der Waals surface area contributed by atoms with E-state index in [0.29, 0.717) is 45.0 Å². The topological polar surface area (TPSA) is 83.7 Å². The number of fused-ring (bicyclic) bond motifs is 1. The molecule has 6 nitrogen and oxygen atoms in total. The lowest BCUT2D eigenvalue weighted by Crippen LogP contribution is -2.38. The maximum absolute atomic E-state index is 13.6. The number of benzene rings is 3. The standard InChI is InChI=1S/C34H30FN3O3/c1-4-5-29(36-2)34(16-17-34)38-32(39)23-10-14-25(20-6-7-20)26(19-23)22-11-15-28-27(18-22)30(33(40)37-3)31(41-28)21-8-12-24(35)13-9-21/h4-5,8-15,18-20H,1-2,6-7,16-17H2,3H3,(H,37,40)(H,38,39)/b29-5-. The van der Waals surface area contributed by atoms with Crippen LogP contribution in [0.2, 0.25) is 0 Å². The molecule has 2 fully saturated rings. The fourth-order valence-corrected chi connectivity index (χ4v) is 5.45. The molecule has 2 amide bonds. The van der Waals surface area contributed by atoms with Crippen LogP contribution in [-0.4, -0.2) is 31.1 Å². The van der Waals surface area contributed by atoms with Crippen molar-refractivity contribution in [2.75, 3.05) is 7.05 Å². The molecule has 0 saturated heterocycles. The van der Waals surface area contributed by atoms with E-state index in [-0.39, 0.29) is 17.6 Å². The first-order valence-electron chi connectivity index (χ1n) is 13.7. The average molecular weight is 548 g/mol. The molecule has 1 heterocycles. The number of hydrogen-bond donors (Lipinski definition) is 2. The maximum Gasteiger partial charge on any atom is 0.255 e. The lowest BCUT2D eigenvalue weighted by molar-refractivity contribution is 0.0935. The molecule has 0 aliphatic heterocycles. The minimum atomic E-state index is -0.517. The molecule has 0 spiro atoms. The van der Waals surface area contributed by atoms with Gasteiger partial charge in [0.2, 0.25) is 0 Å². The third-order valence-electron chi connectivity index (χ3n) is 7.93. The number of aliphatic imine (C=N–C) groups is 1. The Morgan fingerprint density at radius 1 is 1.02 bits per heavy atom. The van der Waals surface area contributed by atoms with E-state index in [2.05, 4.69) is 28.9 Å². The van der Waals surface area contributed by atoms with E-state index in [1.807, 2.05) is 36.4 Å². The summed E-state index contributed by atoms with van der Waals surface area (Å²) in [5.74, 6) is -0.0480. The molecule has 7 heteroatoms. The number of allylic oxidation sites excluding steroid dienone is 2. The van der Waals surface area contributed by atoms with Gasteiger partial charge < -0.3 is 15.1 Å². The summed E-state index contributed by atoms with van der Waals surface area (Å²) in [4.78, 5) is 30.7. The second-order valence-corrected chi connectivity index (χ2v) is 10.7. The van der Waals surface area contributed by atoms with Gasteiger partial charge in [-0.3, -0.25) is 14.6 Å². The average Bonchev–Trinajstić information content (AvgIpc) is 3.93. The number of nitrogens with one attached hydrogen (secondary N) is 2. The van der Waals surface area contributed by atoms with Crippen LogP contribution in [0.4, 0.5) is 4.39 Å². The molecule has 0 unspecified atom stereocenters. The number of nitrogens with zero attached hydrogens (tertiary/aromatic N) is 1. The van der Waals surface area contributed by atoms with Crippen molar-refractivity contribution in [3.8, 4) is 22.5 Å². The molecule has 2 N–H and O–H groups in total. The van der Waals surface area contributed by atoms with E-state index < -0.39 is 5.54 Å². The minimum Gasteiger partial charge on any atom is -0.455 e. The number of rotatable bonds is 9. The molecule has 3 aromatic carbocycles. The summed E-state index contributed by atoms with van der Waals surface area (Å²) in [5.41, 5.74) is 5.27. The van der Waals surface area contributed by atoms with Crippen LogP contribution in [-0.2, 0) is 0 Å². The minimum absolute atomic E-state index is 0.182. The van der Waals surface area contributed by atoms with Gasteiger partial charge in [-0.15, -0.1) is 0 Å². The summed E-state index contributed by atoms with van der Waals surface area (Å²) in [6, 6.07) is 17.4. The quantitative estimate of drug-likeness (QED) is 0.172. The molecule has 2 aliphatic carbocycles. The van der Waals surface area contributed by atoms with E-state index in [0.717, 1.165) is 36.8 Å². The Morgan fingerprint density at radius 3 is 2.39 bits per heavy atom. The fourth-order valence-electron chi connectivity index (χ4n) is 5.45. The Bertz CT molecular complexity index is 1740. The van der Waals surface area contributed by atoms with E-state index in [1.54, 1.807) is 31.3 Å². The van der Waals surface area contributed by atoms with E-state index >= 15 is 0 Å². The highest BCUT2D eigenvalue weighted by Crippen LogP contribution is 2.46. The van der Waals surface area contributed by atoms with E-state index in [4.69, 9.17) is 4.42 Å². The van der Waals surface area contributed by atoms with Crippen molar-refractivity contribution in [2.24, 2.45) is 4.99 Å². The molecule has 0 atom stereocenters. The Balaban J connectivity index is 1.43. The summed E-state index contributed by atoms with van der Waals surface area (Å²) in [7, 11) is 1.57. The molecular formula is C34H30FN3O3. The number of halogens is 1. The molecule has 4 aromatic rings. The normalized spacial score (nSPS) is 15.8. The fraction of sp³-hybridized carbons (Fsp3) is 0.206. The van der Waals surface area contributed by atoms with Crippen molar-refractivity contribution in [1.82, 2.24) is 10.6 Å². The van der Waals surface area contributed by atoms with Crippen LogP contribution < -0.4 is 10.6 Å². The number of carbonyl (C=O) groups is 2. The molecule has 1 aromatic heterocycles. The summed E-state index contributed by atoms with van der Waals surface area (Å²) in [6.45, 7) is 7.41. The molecule has 0 radical (unpaired) electrons. The Morgan fingerprint density at radius 2 is 1.76 bits per heavy atom. The van der Waals surface area contributed by atoms with Gasteiger partial charge in [0, 0.05) is 23.6 Å². The number of furan rings is 1. The third kappa shape index (κ3) is 4.88. The number of amides is 2. The van der Waals surface area contributed by atoms with Gasteiger partial charge >= 0.3 is 0 Å². The maximum atomic E-state index is 13.6. The van der Waals surface area contributed by atoms with Crippen LogP contribution in [0.3, 0.4) is 0 Å². The predicted molar refractivity (Wildman–Crippen MR) is 160 cm³/mol. The molecular weight excluding hydrogens is 517 g/mol. The van der Waals surface area contributed by atoms with Crippen molar-refractivity contribution < 1.29 is 18.4 Å². The lowest BCUT2D eigenvalue weighted by Gasteiger charge is -2.19. The van der Waals surface area contributed by atoms with Crippen molar-refractivity contribution in [1.29, 1.82) is 0 Å². The van der Waals surface area contributed by atoms with Gasteiger partial charge in [0.15, 0.2) is 0 Å². The lowest BCUT2D eigenvalue weighted by atomic mass is 9.93. The summed E-state index contributed by atoms with van der Waals surface area (Å²) in [6.07, 6.45) is 7.20.